The van der Waals surface area contributed by atoms with E-state index >= 15 is 0 Å². The number of pyridine rings is 1. The van der Waals surface area contributed by atoms with Crippen molar-refractivity contribution in [2.75, 3.05) is 0 Å². The van der Waals surface area contributed by atoms with Gasteiger partial charge in [-0.05, 0) is 49.4 Å². The number of carbonyl (C=O) groups is 1. The van der Waals surface area contributed by atoms with Gasteiger partial charge >= 0.3 is 0 Å². The van der Waals surface area contributed by atoms with Gasteiger partial charge in [0.2, 0.25) is 5.91 Å². The summed E-state index contributed by atoms with van der Waals surface area (Å²) in [6.45, 7) is 2.12. The minimum Gasteiger partial charge on any atom is -0.490 e. The predicted molar refractivity (Wildman–Crippen MR) is 101 cm³/mol. The van der Waals surface area contributed by atoms with Crippen molar-refractivity contribution in [2.45, 2.75) is 63.6 Å². The van der Waals surface area contributed by atoms with Gasteiger partial charge in [-0.1, -0.05) is 24.3 Å². The van der Waals surface area contributed by atoms with E-state index in [2.05, 4.69) is 41.1 Å². The zero-order valence-electron chi connectivity index (χ0n) is 15.3. The van der Waals surface area contributed by atoms with Crippen molar-refractivity contribution in [1.82, 2.24) is 9.88 Å². The lowest BCUT2D eigenvalue weighted by Gasteiger charge is -2.39. The Bertz CT molecular complexity index is 748. The Labute approximate surface area is 155 Å². The Morgan fingerprint density at radius 3 is 2.50 bits per heavy atom. The second kappa shape index (κ2) is 7.48. The van der Waals surface area contributed by atoms with Crippen molar-refractivity contribution >= 4 is 5.91 Å². The van der Waals surface area contributed by atoms with E-state index in [0.717, 1.165) is 37.9 Å². The summed E-state index contributed by atoms with van der Waals surface area (Å²) in [6, 6.07) is 12.8. The first-order valence-electron chi connectivity index (χ1n) is 9.63. The number of piperidine rings is 1. The fraction of sp³-hybridized carbons (Fsp3) is 0.455. The van der Waals surface area contributed by atoms with Crippen LogP contribution >= 0.6 is 0 Å². The lowest BCUT2D eigenvalue weighted by atomic mass is 9.98. The molecular weight excluding hydrogens is 324 g/mol. The summed E-state index contributed by atoms with van der Waals surface area (Å²) in [5.74, 6) is 1.19. The number of amides is 1. The summed E-state index contributed by atoms with van der Waals surface area (Å²) >= 11 is 0. The predicted octanol–water partition coefficient (Wildman–Crippen LogP) is 3.92. The first-order chi connectivity index (χ1) is 12.7. The normalized spacial score (nSPS) is 24.5. The number of hydrogen-bond acceptors (Lipinski definition) is 3. The monoisotopic (exact) mass is 350 g/mol. The number of ether oxygens (including phenoxy) is 1. The highest BCUT2D eigenvalue weighted by Crippen LogP contribution is 2.37. The topological polar surface area (TPSA) is 42.4 Å². The zero-order chi connectivity index (χ0) is 17.9. The van der Waals surface area contributed by atoms with Gasteiger partial charge in [0.25, 0.3) is 0 Å². The molecule has 0 radical (unpaired) electrons. The molecule has 0 spiro atoms. The quantitative estimate of drug-likeness (QED) is 0.821. The molecule has 136 valence electrons. The highest BCUT2D eigenvalue weighted by atomic mass is 16.5. The molecule has 26 heavy (non-hydrogen) atoms. The van der Waals surface area contributed by atoms with Crippen molar-refractivity contribution in [3.8, 4) is 5.75 Å². The minimum absolute atomic E-state index is 0.204. The van der Waals surface area contributed by atoms with Crippen LogP contribution in [0.1, 0.15) is 43.2 Å². The van der Waals surface area contributed by atoms with Gasteiger partial charge in [-0.2, -0.15) is 0 Å². The number of nitrogens with zero attached hydrogens (tertiary/aromatic N) is 2. The summed E-state index contributed by atoms with van der Waals surface area (Å²) in [5.41, 5.74) is 2.55. The standard InChI is InChI=1S/C22H26N2O2/c1-16-4-2-3-5-17(16)6-9-22(25)24-18-7-8-19(24)15-21(14-18)26-20-10-12-23-13-11-20/h2-5,10-13,18-19,21H,6-9,14-15H2,1H3. The van der Waals surface area contributed by atoms with E-state index in [-0.39, 0.29) is 6.10 Å². The molecule has 2 saturated heterocycles. The van der Waals surface area contributed by atoms with Crippen LogP contribution in [0, 0.1) is 6.92 Å². The molecular formula is C22H26N2O2. The van der Waals surface area contributed by atoms with Crippen LogP contribution in [-0.4, -0.2) is 34.0 Å². The number of fused-ring (bicyclic) bond motifs is 2. The maximum atomic E-state index is 12.9. The molecule has 2 fully saturated rings. The van der Waals surface area contributed by atoms with Gasteiger partial charge in [-0.3, -0.25) is 9.78 Å². The van der Waals surface area contributed by atoms with Gasteiger partial charge in [-0.15, -0.1) is 0 Å². The van der Waals surface area contributed by atoms with Crippen molar-refractivity contribution in [3.05, 3.63) is 59.9 Å². The molecule has 1 aromatic carbocycles. The molecule has 3 heterocycles. The van der Waals surface area contributed by atoms with Gasteiger partial charge in [0, 0.05) is 43.7 Å². The fourth-order valence-corrected chi connectivity index (χ4v) is 4.50. The van der Waals surface area contributed by atoms with E-state index < -0.39 is 0 Å². The van der Waals surface area contributed by atoms with E-state index in [1.807, 2.05) is 12.1 Å². The molecule has 2 atom stereocenters. The van der Waals surface area contributed by atoms with Crippen LogP contribution in [-0.2, 0) is 11.2 Å². The maximum absolute atomic E-state index is 12.9. The molecule has 4 rings (SSSR count). The van der Waals surface area contributed by atoms with Crippen LogP contribution in [0.15, 0.2) is 48.8 Å². The van der Waals surface area contributed by atoms with Crippen molar-refractivity contribution < 1.29 is 9.53 Å². The highest BCUT2D eigenvalue weighted by molar-refractivity contribution is 5.77. The van der Waals surface area contributed by atoms with Crippen LogP contribution in [0.2, 0.25) is 0 Å². The summed E-state index contributed by atoms with van der Waals surface area (Å²) in [6.07, 6.45) is 9.25. The van der Waals surface area contributed by atoms with Gasteiger partial charge in [0.05, 0.1) is 0 Å². The van der Waals surface area contributed by atoms with Crippen LogP contribution in [0.5, 0.6) is 5.75 Å². The maximum Gasteiger partial charge on any atom is 0.223 e. The van der Waals surface area contributed by atoms with E-state index in [1.165, 1.54) is 11.1 Å². The number of benzene rings is 1. The van der Waals surface area contributed by atoms with Gasteiger partial charge in [0.1, 0.15) is 11.9 Å². The third-order valence-electron chi connectivity index (χ3n) is 5.80. The highest BCUT2D eigenvalue weighted by Gasteiger charge is 2.43. The molecule has 0 saturated carbocycles. The minimum atomic E-state index is 0.204. The second-order valence-corrected chi connectivity index (χ2v) is 7.51. The van der Waals surface area contributed by atoms with Gasteiger partial charge in [0.15, 0.2) is 0 Å². The zero-order valence-corrected chi connectivity index (χ0v) is 15.3. The number of aromatic nitrogens is 1. The third kappa shape index (κ3) is 3.59. The van der Waals surface area contributed by atoms with E-state index in [9.17, 15) is 4.79 Å². The molecule has 4 nitrogen and oxygen atoms in total. The Hall–Kier alpha value is -2.36. The first-order valence-corrected chi connectivity index (χ1v) is 9.63. The number of aryl methyl sites for hydroxylation is 2. The number of rotatable bonds is 5. The van der Waals surface area contributed by atoms with Gasteiger partial charge in [-0.25, -0.2) is 0 Å². The molecule has 2 aliphatic heterocycles. The Balaban J connectivity index is 1.35. The molecule has 2 aromatic rings. The van der Waals surface area contributed by atoms with E-state index in [0.29, 0.717) is 24.4 Å². The molecule has 0 N–H and O–H groups in total. The third-order valence-corrected chi connectivity index (χ3v) is 5.80. The molecule has 2 unspecified atom stereocenters. The number of hydrogen-bond donors (Lipinski definition) is 0. The van der Waals surface area contributed by atoms with Crippen molar-refractivity contribution in [2.24, 2.45) is 0 Å². The fourth-order valence-electron chi connectivity index (χ4n) is 4.50. The summed E-state index contributed by atoms with van der Waals surface area (Å²) < 4.78 is 6.13. The van der Waals surface area contributed by atoms with Crippen LogP contribution in [0.3, 0.4) is 0 Å². The van der Waals surface area contributed by atoms with Crippen molar-refractivity contribution in [3.63, 3.8) is 0 Å². The molecule has 2 bridgehead atoms. The smallest absolute Gasteiger partial charge is 0.223 e. The summed E-state index contributed by atoms with van der Waals surface area (Å²) in [4.78, 5) is 19.1. The van der Waals surface area contributed by atoms with Crippen LogP contribution < -0.4 is 4.74 Å². The first kappa shape index (κ1) is 17.1. The second-order valence-electron chi connectivity index (χ2n) is 7.51. The Kier molecular flexibility index (Phi) is 4.91. The largest absolute Gasteiger partial charge is 0.490 e. The Morgan fingerprint density at radius 1 is 1.12 bits per heavy atom. The Morgan fingerprint density at radius 2 is 1.81 bits per heavy atom. The van der Waals surface area contributed by atoms with Gasteiger partial charge < -0.3 is 9.64 Å². The van der Waals surface area contributed by atoms with E-state index in [4.69, 9.17) is 4.74 Å². The summed E-state index contributed by atoms with van der Waals surface area (Å²) in [7, 11) is 0. The lowest BCUT2D eigenvalue weighted by molar-refractivity contribution is -0.137. The molecule has 1 aromatic heterocycles. The SMILES string of the molecule is Cc1ccccc1CCC(=O)N1C2CCC1CC(Oc1ccncc1)C2. The average Bonchev–Trinajstić information content (AvgIpc) is 2.93. The van der Waals surface area contributed by atoms with Crippen LogP contribution in [0.25, 0.3) is 0 Å². The summed E-state index contributed by atoms with van der Waals surface area (Å²) in [5, 5.41) is 0. The number of carbonyl (C=O) groups excluding carboxylic acids is 1. The molecule has 2 aliphatic rings. The lowest BCUT2D eigenvalue weighted by Crippen LogP contribution is -2.49. The molecule has 0 aliphatic carbocycles. The van der Waals surface area contributed by atoms with Crippen LogP contribution in [0.4, 0.5) is 0 Å². The average molecular weight is 350 g/mol. The molecule has 4 heteroatoms. The molecule has 1 amide bonds. The van der Waals surface area contributed by atoms with E-state index in [1.54, 1.807) is 12.4 Å². The van der Waals surface area contributed by atoms with Crippen molar-refractivity contribution in [1.29, 1.82) is 0 Å².